The van der Waals surface area contributed by atoms with Crippen molar-refractivity contribution in [3.8, 4) is 6.07 Å². The lowest BCUT2D eigenvalue weighted by Gasteiger charge is -1.98. The van der Waals surface area contributed by atoms with Gasteiger partial charge >= 0.3 is 0 Å². The zero-order valence-electron chi connectivity index (χ0n) is 7.26. The molecule has 1 aromatic carbocycles. The van der Waals surface area contributed by atoms with E-state index in [0.29, 0.717) is 5.56 Å². The van der Waals surface area contributed by atoms with E-state index in [0.717, 1.165) is 16.6 Å². The minimum absolute atomic E-state index is 0.692. The first-order valence-corrected chi connectivity index (χ1v) is 4.04. The van der Waals surface area contributed by atoms with Crippen molar-refractivity contribution in [1.82, 2.24) is 4.98 Å². The number of anilines is 1. The molecule has 64 valence electrons. The second-order valence-corrected chi connectivity index (χ2v) is 2.82. The fourth-order valence-corrected chi connectivity index (χ4v) is 1.37. The Bertz CT molecular complexity index is 476. The van der Waals surface area contributed by atoms with E-state index in [1.165, 1.54) is 0 Å². The van der Waals surface area contributed by atoms with Gasteiger partial charge in [0.2, 0.25) is 0 Å². The van der Waals surface area contributed by atoms with Crippen molar-refractivity contribution in [3.63, 3.8) is 0 Å². The fourth-order valence-electron chi connectivity index (χ4n) is 1.37. The van der Waals surface area contributed by atoms with E-state index in [9.17, 15) is 0 Å². The van der Waals surface area contributed by atoms with Crippen LogP contribution in [0.4, 0.5) is 5.69 Å². The minimum atomic E-state index is 0.692. The van der Waals surface area contributed by atoms with Gasteiger partial charge in [0, 0.05) is 29.8 Å². The van der Waals surface area contributed by atoms with Gasteiger partial charge in [0.15, 0.2) is 0 Å². The summed E-state index contributed by atoms with van der Waals surface area (Å²) in [4.78, 5) is 3.05. The molecule has 13 heavy (non-hydrogen) atoms. The van der Waals surface area contributed by atoms with Gasteiger partial charge in [-0.2, -0.15) is 5.26 Å². The Hall–Kier alpha value is -1.95. The fraction of sp³-hybridized carbons (Fsp3) is 0.100. The minimum Gasteiger partial charge on any atom is -0.388 e. The quantitative estimate of drug-likeness (QED) is 0.690. The molecule has 0 radical (unpaired) electrons. The van der Waals surface area contributed by atoms with E-state index in [2.05, 4.69) is 16.4 Å². The predicted octanol–water partition coefficient (Wildman–Crippen LogP) is 2.08. The van der Waals surface area contributed by atoms with Crippen molar-refractivity contribution < 1.29 is 0 Å². The van der Waals surface area contributed by atoms with Gasteiger partial charge in [0.1, 0.15) is 6.07 Å². The van der Waals surface area contributed by atoms with Crippen molar-refractivity contribution in [2.45, 2.75) is 0 Å². The zero-order valence-corrected chi connectivity index (χ0v) is 7.26. The molecule has 0 aliphatic heterocycles. The summed E-state index contributed by atoms with van der Waals surface area (Å²) in [5, 5.41) is 12.8. The molecule has 2 N–H and O–H groups in total. The third-order valence-corrected chi connectivity index (χ3v) is 2.09. The topological polar surface area (TPSA) is 51.6 Å². The Labute approximate surface area is 76.0 Å². The van der Waals surface area contributed by atoms with Crippen molar-refractivity contribution in [1.29, 1.82) is 5.26 Å². The third-order valence-electron chi connectivity index (χ3n) is 2.09. The molecule has 0 unspecified atom stereocenters. The van der Waals surface area contributed by atoms with Crippen LogP contribution in [0.2, 0.25) is 0 Å². The average molecular weight is 171 g/mol. The number of rotatable bonds is 1. The van der Waals surface area contributed by atoms with Crippen molar-refractivity contribution >= 4 is 16.6 Å². The van der Waals surface area contributed by atoms with E-state index in [1.54, 1.807) is 6.20 Å². The molecule has 1 aromatic heterocycles. The van der Waals surface area contributed by atoms with Gasteiger partial charge in [0.25, 0.3) is 0 Å². The standard InChI is InChI=1S/C10H9N3/c1-12-8-2-3-9-7(5-11)6-13-10(9)4-8/h2-4,6,12-13H,1H3. The number of aromatic nitrogens is 1. The first-order chi connectivity index (χ1) is 6.35. The van der Waals surface area contributed by atoms with Crippen LogP contribution in [0.25, 0.3) is 10.9 Å². The van der Waals surface area contributed by atoms with Crippen LogP contribution in [0.15, 0.2) is 24.4 Å². The number of aromatic amines is 1. The smallest absolute Gasteiger partial charge is 0.101 e. The Morgan fingerprint density at radius 2 is 2.31 bits per heavy atom. The molecule has 0 aliphatic rings. The number of nitrogens with one attached hydrogen (secondary N) is 2. The number of benzene rings is 1. The van der Waals surface area contributed by atoms with Crippen LogP contribution in [0, 0.1) is 11.3 Å². The van der Waals surface area contributed by atoms with Crippen LogP contribution in [-0.2, 0) is 0 Å². The van der Waals surface area contributed by atoms with Crippen molar-refractivity contribution in [2.75, 3.05) is 12.4 Å². The molecule has 2 rings (SSSR count). The molecule has 2 aromatic rings. The molecule has 3 nitrogen and oxygen atoms in total. The maximum atomic E-state index is 8.77. The Morgan fingerprint density at radius 3 is 3.00 bits per heavy atom. The molecule has 0 spiro atoms. The second kappa shape index (κ2) is 2.83. The van der Waals surface area contributed by atoms with Gasteiger partial charge in [-0.15, -0.1) is 0 Å². The van der Waals surface area contributed by atoms with Crippen LogP contribution in [0.5, 0.6) is 0 Å². The zero-order chi connectivity index (χ0) is 9.26. The Kier molecular flexibility index (Phi) is 1.67. The summed E-state index contributed by atoms with van der Waals surface area (Å²) in [6.07, 6.45) is 1.73. The molecule has 1 heterocycles. The van der Waals surface area contributed by atoms with Crippen LogP contribution in [0.1, 0.15) is 5.56 Å². The van der Waals surface area contributed by atoms with Crippen molar-refractivity contribution in [2.24, 2.45) is 0 Å². The molecule has 3 heteroatoms. The first-order valence-electron chi connectivity index (χ1n) is 4.04. The summed E-state index contributed by atoms with van der Waals surface area (Å²) in [5.41, 5.74) is 2.72. The SMILES string of the molecule is CNc1ccc2c(C#N)c[nH]c2c1. The van der Waals surface area contributed by atoms with Gasteiger partial charge in [-0.3, -0.25) is 0 Å². The average Bonchev–Trinajstić information content (AvgIpc) is 2.59. The van der Waals surface area contributed by atoms with Gasteiger partial charge in [0.05, 0.1) is 5.56 Å². The number of nitrogens with zero attached hydrogens (tertiary/aromatic N) is 1. The molecular formula is C10H9N3. The Morgan fingerprint density at radius 1 is 1.46 bits per heavy atom. The summed E-state index contributed by atoms with van der Waals surface area (Å²) in [7, 11) is 1.87. The number of nitriles is 1. The van der Waals surface area contributed by atoms with Gasteiger partial charge in [-0.05, 0) is 18.2 Å². The van der Waals surface area contributed by atoms with E-state index in [1.807, 2.05) is 25.2 Å². The molecule has 0 aliphatic carbocycles. The summed E-state index contributed by atoms with van der Waals surface area (Å²) in [6.45, 7) is 0. The largest absolute Gasteiger partial charge is 0.388 e. The lowest BCUT2D eigenvalue weighted by molar-refractivity contribution is 1.44. The van der Waals surface area contributed by atoms with Crippen LogP contribution < -0.4 is 5.32 Å². The number of hydrogen-bond donors (Lipinski definition) is 2. The third kappa shape index (κ3) is 1.13. The second-order valence-electron chi connectivity index (χ2n) is 2.82. The molecule has 0 amide bonds. The maximum Gasteiger partial charge on any atom is 0.101 e. The maximum absolute atomic E-state index is 8.77. The van der Waals surface area contributed by atoms with E-state index < -0.39 is 0 Å². The van der Waals surface area contributed by atoms with Gasteiger partial charge in [-0.1, -0.05) is 0 Å². The highest BCUT2D eigenvalue weighted by atomic mass is 14.8. The van der Waals surface area contributed by atoms with E-state index in [4.69, 9.17) is 5.26 Å². The highest BCUT2D eigenvalue weighted by Gasteiger charge is 2.01. The van der Waals surface area contributed by atoms with E-state index in [-0.39, 0.29) is 0 Å². The molecule has 0 fully saturated rings. The summed E-state index contributed by atoms with van der Waals surface area (Å²) < 4.78 is 0. The first kappa shape index (κ1) is 7.69. The predicted molar refractivity (Wildman–Crippen MR) is 52.6 cm³/mol. The van der Waals surface area contributed by atoms with Crippen LogP contribution in [0.3, 0.4) is 0 Å². The molecular weight excluding hydrogens is 162 g/mol. The van der Waals surface area contributed by atoms with Gasteiger partial charge in [-0.25, -0.2) is 0 Å². The van der Waals surface area contributed by atoms with Crippen LogP contribution in [-0.4, -0.2) is 12.0 Å². The van der Waals surface area contributed by atoms with Gasteiger partial charge < -0.3 is 10.3 Å². The highest BCUT2D eigenvalue weighted by molar-refractivity contribution is 5.88. The summed E-state index contributed by atoms with van der Waals surface area (Å²) in [6, 6.07) is 8.01. The molecule has 0 saturated carbocycles. The lowest BCUT2D eigenvalue weighted by Crippen LogP contribution is -1.86. The molecule has 0 saturated heterocycles. The highest BCUT2D eigenvalue weighted by Crippen LogP contribution is 2.20. The number of fused-ring (bicyclic) bond motifs is 1. The Balaban J connectivity index is 2.70. The monoisotopic (exact) mass is 171 g/mol. The summed E-state index contributed by atoms with van der Waals surface area (Å²) >= 11 is 0. The number of H-pyrrole nitrogens is 1. The van der Waals surface area contributed by atoms with Crippen molar-refractivity contribution in [3.05, 3.63) is 30.0 Å². The molecule has 0 bridgehead atoms. The number of hydrogen-bond acceptors (Lipinski definition) is 2. The lowest BCUT2D eigenvalue weighted by atomic mass is 10.2. The molecule has 0 atom stereocenters. The normalized spacial score (nSPS) is 9.85. The van der Waals surface area contributed by atoms with Crippen LogP contribution >= 0.6 is 0 Å². The summed E-state index contributed by atoms with van der Waals surface area (Å²) in [5.74, 6) is 0. The van der Waals surface area contributed by atoms with E-state index >= 15 is 0 Å².